The van der Waals surface area contributed by atoms with Crippen molar-refractivity contribution in [3.05, 3.63) is 73.2 Å². The Morgan fingerprint density at radius 1 is 1.24 bits per heavy atom. The van der Waals surface area contributed by atoms with Gasteiger partial charge in [-0.25, -0.2) is 4.98 Å². The molecular formula is C20H17N5. The fraction of sp³-hybridized carbons (Fsp3) is 0.0500. The predicted octanol–water partition coefficient (Wildman–Crippen LogP) is 4.65. The molecule has 0 saturated carbocycles. The minimum Gasteiger partial charge on any atom is -0.353 e. The van der Waals surface area contributed by atoms with Crippen molar-refractivity contribution < 1.29 is 0 Å². The van der Waals surface area contributed by atoms with Crippen LogP contribution in [0.1, 0.15) is 12.5 Å². The number of pyridine rings is 2. The second-order valence-electron chi connectivity index (χ2n) is 5.68. The molecule has 5 nitrogen and oxygen atoms in total. The number of aromatic nitrogens is 5. The molecule has 0 unspecified atom stereocenters. The van der Waals surface area contributed by atoms with Gasteiger partial charge in [-0.2, -0.15) is 5.10 Å². The highest BCUT2D eigenvalue weighted by Gasteiger charge is 2.12. The quantitative estimate of drug-likeness (QED) is 0.536. The zero-order valence-corrected chi connectivity index (χ0v) is 13.8. The number of nitrogens with one attached hydrogen (secondary N) is 2. The van der Waals surface area contributed by atoms with Crippen molar-refractivity contribution >= 4 is 27.5 Å². The molecule has 0 radical (unpaired) electrons. The summed E-state index contributed by atoms with van der Waals surface area (Å²) >= 11 is 0. The molecule has 4 aromatic heterocycles. The molecular weight excluding hydrogens is 310 g/mol. The van der Waals surface area contributed by atoms with Crippen LogP contribution in [-0.2, 0) is 0 Å². The van der Waals surface area contributed by atoms with Crippen molar-refractivity contribution in [2.24, 2.45) is 0 Å². The molecule has 0 amide bonds. The predicted molar refractivity (Wildman–Crippen MR) is 102 cm³/mol. The van der Waals surface area contributed by atoms with Crippen LogP contribution in [0.2, 0.25) is 0 Å². The third-order valence-electron chi connectivity index (χ3n) is 4.16. The molecule has 5 heteroatoms. The number of nitrogens with zero attached hydrogens (tertiary/aromatic N) is 3. The Labute approximate surface area is 144 Å². The molecule has 0 bridgehead atoms. The summed E-state index contributed by atoms with van der Waals surface area (Å²) in [5.74, 6) is 0. The lowest BCUT2D eigenvalue weighted by atomic mass is 10.1. The number of allylic oxidation sites excluding steroid dienone is 5. The van der Waals surface area contributed by atoms with Gasteiger partial charge in [0.05, 0.1) is 11.4 Å². The fourth-order valence-electron chi connectivity index (χ4n) is 2.90. The van der Waals surface area contributed by atoms with Crippen LogP contribution in [0, 0.1) is 0 Å². The topological polar surface area (TPSA) is 70.2 Å². The summed E-state index contributed by atoms with van der Waals surface area (Å²) in [6, 6.07) is 6.13. The first-order valence-corrected chi connectivity index (χ1v) is 8.03. The lowest BCUT2D eigenvalue weighted by Crippen LogP contribution is -1.85. The number of aromatic amines is 2. The molecule has 0 fully saturated rings. The van der Waals surface area contributed by atoms with Crippen LogP contribution in [0.15, 0.2) is 67.7 Å². The van der Waals surface area contributed by atoms with Gasteiger partial charge in [0, 0.05) is 40.4 Å². The molecule has 0 atom stereocenters. The summed E-state index contributed by atoms with van der Waals surface area (Å²) < 4.78 is 0. The zero-order valence-electron chi connectivity index (χ0n) is 13.8. The molecule has 4 aromatic rings. The van der Waals surface area contributed by atoms with Gasteiger partial charge in [0.1, 0.15) is 0 Å². The van der Waals surface area contributed by atoms with Gasteiger partial charge >= 0.3 is 0 Å². The van der Waals surface area contributed by atoms with Crippen LogP contribution in [0.4, 0.5) is 0 Å². The number of fused-ring (bicyclic) bond motifs is 2. The maximum Gasteiger partial charge on any atom is 0.181 e. The molecule has 2 N–H and O–H groups in total. The van der Waals surface area contributed by atoms with E-state index in [1.807, 2.05) is 37.5 Å². The minimum absolute atomic E-state index is 0.693. The van der Waals surface area contributed by atoms with E-state index in [2.05, 4.69) is 49.9 Å². The van der Waals surface area contributed by atoms with E-state index >= 15 is 0 Å². The second-order valence-corrected chi connectivity index (χ2v) is 5.68. The lowest BCUT2D eigenvalue weighted by molar-refractivity contribution is 1.10. The highest BCUT2D eigenvalue weighted by Crippen LogP contribution is 2.29. The number of hydrogen-bond donors (Lipinski definition) is 2. The average molecular weight is 327 g/mol. The molecule has 4 heterocycles. The fourth-order valence-corrected chi connectivity index (χ4v) is 2.90. The van der Waals surface area contributed by atoms with Crippen LogP contribution in [-0.4, -0.2) is 25.1 Å². The molecule has 0 aliphatic carbocycles. The van der Waals surface area contributed by atoms with Crippen LogP contribution >= 0.6 is 0 Å². The number of rotatable bonds is 4. The maximum absolute atomic E-state index is 4.49. The van der Waals surface area contributed by atoms with Crippen LogP contribution in [0.25, 0.3) is 38.9 Å². The van der Waals surface area contributed by atoms with E-state index in [1.54, 1.807) is 12.3 Å². The van der Waals surface area contributed by atoms with Crippen molar-refractivity contribution in [3.63, 3.8) is 0 Å². The zero-order chi connectivity index (χ0) is 17.2. The highest BCUT2D eigenvalue weighted by molar-refractivity contribution is 5.95. The van der Waals surface area contributed by atoms with E-state index in [-0.39, 0.29) is 0 Å². The Kier molecular flexibility index (Phi) is 3.74. The van der Waals surface area contributed by atoms with E-state index in [1.165, 1.54) is 0 Å². The lowest BCUT2D eigenvalue weighted by Gasteiger charge is -2.02. The Morgan fingerprint density at radius 2 is 2.16 bits per heavy atom. The molecule has 0 aliphatic heterocycles. The van der Waals surface area contributed by atoms with Gasteiger partial charge in [-0.3, -0.25) is 10.1 Å². The van der Waals surface area contributed by atoms with Crippen LogP contribution in [0.3, 0.4) is 0 Å². The van der Waals surface area contributed by atoms with Gasteiger partial charge in [-0.15, -0.1) is 0 Å². The Balaban J connectivity index is 1.86. The first-order chi connectivity index (χ1) is 12.3. The highest BCUT2D eigenvalue weighted by atomic mass is 15.2. The van der Waals surface area contributed by atoms with Crippen molar-refractivity contribution in [2.45, 2.75) is 6.92 Å². The van der Waals surface area contributed by atoms with Crippen LogP contribution in [0.5, 0.6) is 0 Å². The minimum atomic E-state index is 0.693. The molecule has 0 aliphatic rings. The van der Waals surface area contributed by atoms with Crippen LogP contribution < -0.4 is 0 Å². The van der Waals surface area contributed by atoms with Gasteiger partial charge in [-0.1, -0.05) is 30.9 Å². The third-order valence-corrected chi connectivity index (χ3v) is 4.16. The smallest absolute Gasteiger partial charge is 0.181 e. The Morgan fingerprint density at radius 3 is 2.96 bits per heavy atom. The van der Waals surface area contributed by atoms with Gasteiger partial charge in [0.25, 0.3) is 0 Å². The number of H-pyrrole nitrogens is 2. The summed E-state index contributed by atoms with van der Waals surface area (Å²) in [7, 11) is 0. The number of hydrogen-bond acceptors (Lipinski definition) is 3. The van der Waals surface area contributed by atoms with E-state index in [9.17, 15) is 0 Å². The van der Waals surface area contributed by atoms with Gasteiger partial charge in [0.15, 0.2) is 5.65 Å². The maximum atomic E-state index is 4.49. The van der Waals surface area contributed by atoms with E-state index < -0.39 is 0 Å². The monoisotopic (exact) mass is 327 g/mol. The summed E-state index contributed by atoms with van der Waals surface area (Å²) in [5, 5.41) is 9.47. The molecule has 0 aromatic carbocycles. The van der Waals surface area contributed by atoms with Gasteiger partial charge in [-0.05, 0) is 30.7 Å². The average Bonchev–Trinajstić information content (AvgIpc) is 3.25. The first-order valence-electron chi connectivity index (χ1n) is 8.03. The third kappa shape index (κ3) is 2.65. The summed E-state index contributed by atoms with van der Waals surface area (Å²) in [6.45, 7) is 5.73. The normalized spacial score (nSPS) is 12.4. The van der Waals surface area contributed by atoms with E-state index in [4.69, 9.17) is 0 Å². The molecule has 122 valence electrons. The van der Waals surface area contributed by atoms with Crippen molar-refractivity contribution in [2.75, 3.05) is 0 Å². The van der Waals surface area contributed by atoms with E-state index in [0.717, 1.165) is 38.8 Å². The molecule has 0 saturated heterocycles. The van der Waals surface area contributed by atoms with Crippen molar-refractivity contribution in [3.8, 4) is 11.4 Å². The standard InChI is InChI=1S/C20H17N5/c1-3-5-6-13(4-2)14-9-16-19(24-25-20(16)22-12-14)18-10-15-11-21-8-7-17(15)23-18/h3-12,23H,1H2,2H3,(H,22,24,25)/b6-5-,13-4+. The molecule has 0 spiro atoms. The molecule has 4 rings (SSSR count). The Bertz CT molecular complexity index is 1090. The summed E-state index contributed by atoms with van der Waals surface area (Å²) in [6.07, 6.45) is 13.2. The first kappa shape index (κ1) is 15.1. The molecule has 25 heavy (non-hydrogen) atoms. The van der Waals surface area contributed by atoms with Gasteiger partial charge < -0.3 is 4.98 Å². The summed E-state index contributed by atoms with van der Waals surface area (Å²) in [4.78, 5) is 12.1. The van der Waals surface area contributed by atoms with Crippen molar-refractivity contribution in [1.82, 2.24) is 25.1 Å². The second kappa shape index (κ2) is 6.20. The van der Waals surface area contributed by atoms with Crippen molar-refractivity contribution in [1.29, 1.82) is 0 Å². The Hall–Kier alpha value is -3.47. The SMILES string of the molecule is C=C/C=C\C(=C/C)c1cnc2n[nH]c(-c3cc4cnccc4[nH]3)c2c1. The van der Waals surface area contributed by atoms with E-state index in [0.29, 0.717) is 5.65 Å². The van der Waals surface area contributed by atoms with Gasteiger partial charge in [0.2, 0.25) is 0 Å². The largest absolute Gasteiger partial charge is 0.353 e. The summed E-state index contributed by atoms with van der Waals surface area (Å²) in [5.41, 5.74) is 5.74.